The number of nitro groups is 1. The van der Waals surface area contributed by atoms with E-state index in [0.717, 1.165) is 5.56 Å². The number of carbonyl (C=O) groups excluding carboxylic acids is 2. The molecule has 0 amide bonds. The van der Waals surface area contributed by atoms with Crippen LogP contribution >= 0.6 is 0 Å². The van der Waals surface area contributed by atoms with Crippen molar-refractivity contribution in [2.75, 3.05) is 0 Å². The summed E-state index contributed by atoms with van der Waals surface area (Å²) in [6, 6.07) is 15.7. The van der Waals surface area contributed by atoms with Crippen molar-refractivity contribution in [1.29, 1.82) is 0 Å². The van der Waals surface area contributed by atoms with E-state index in [1.54, 1.807) is 19.1 Å². The van der Waals surface area contributed by atoms with E-state index in [4.69, 9.17) is 0 Å². The predicted molar refractivity (Wildman–Crippen MR) is 100 cm³/mol. The molecule has 0 bridgehead atoms. The number of nitro benzene ring substituents is 1. The Morgan fingerprint density at radius 1 is 1.00 bits per heavy atom. The van der Waals surface area contributed by atoms with Crippen molar-refractivity contribution in [2.24, 2.45) is 5.92 Å². The maximum Gasteiger partial charge on any atom is 0.269 e. The Labute approximate surface area is 153 Å². The molecule has 0 aliphatic carbocycles. The van der Waals surface area contributed by atoms with E-state index in [2.05, 4.69) is 0 Å². The lowest BCUT2D eigenvalue weighted by Crippen LogP contribution is -2.26. The highest BCUT2D eigenvalue weighted by Crippen LogP contribution is 2.32. The molecule has 2 rings (SSSR count). The van der Waals surface area contributed by atoms with E-state index >= 15 is 0 Å². The summed E-state index contributed by atoms with van der Waals surface area (Å²) in [7, 11) is 0. The standard InChI is InChI=1S/C21H23NO4/c1-14(17-8-5-4-6-9-17)12-20(24)21(15(2)16(3)23)18-10-7-11-19(13-18)22(25)26/h4-11,13-15,21H,12H2,1-3H3. The largest absolute Gasteiger partial charge is 0.300 e. The normalized spacial score (nSPS) is 14.3. The number of non-ortho nitro benzene ring substituents is 1. The van der Waals surface area contributed by atoms with Gasteiger partial charge in [-0.1, -0.05) is 56.3 Å². The first-order chi connectivity index (χ1) is 12.3. The molecule has 5 heteroatoms. The van der Waals surface area contributed by atoms with Crippen LogP contribution in [0.2, 0.25) is 0 Å². The average Bonchev–Trinajstić information content (AvgIpc) is 2.62. The molecule has 0 N–H and O–H groups in total. The second-order valence-corrected chi connectivity index (χ2v) is 6.71. The van der Waals surface area contributed by atoms with Crippen LogP contribution in [0.5, 0.6) is 0 Å². The number of ketones is 2. The van der Waals surface area contributed by atoms with Crippen LogP contribution < -0.4 is 0 Å². The van der Waals surface area contributed by atoms with Crippen molar-refractivity contribution >= 4 is 17.3 Å². The molecule has 0 aliphatic rings. The SMILES string of the molecule is CC(=O)C(C)C(C(=O)CC(C)c1ccccc1)c1cccc([N+](=O)[O-])c1. The first-order valence-electron chi connectivity index (χ1n) is 8.63. The van der Waals surface area contributed by atoms with Gasteiger partial charge in [0.1, 0.15) is 11.6 Å². The molecule has 0 fully saturated rings. The van der Waals surface area contributed by atoms with Gasteiger partial charge < -0.3 is 0 Å². The third-order valence-electron chi connectivity index (χ3n) is 4.80. The lowest BCUT2D eigenvalue weighted by molar-refractivity contribution is -0.384. The first-order valence-corrected chi connectivity index (χ1v) is 8.63. The molecule has 136 valence electrons. The molecular formula is C21H23NO4. The van der Waals surface area contributed by atoms with Crippen LogP contribution in [-0.4, -0.2) is 16.5 Å². The monoisotopic (exact) mass is 353 g/mol. The third kappa shape index (κ3) is 4.63. The quantitative estimate of drug-likeness (QED) is 0.510. The molecule has 2 aromatic carbocycles. The number of carbonyl (C=O) groups is 2. The summed E-state index contributed by atoms with van der Waals surface area (Å²) in [6.07, 6.45) is 0.273. The molecule has 3 atom stereocenters. The van der Waals surface area contributed by atoms with Crippen molar-refractivity contribution < 1.29 is 14.5 Å². The molecule has 2 aromatic rings. The van der Waals surface area contributed by atoms with E-state index in [9.17, 15) is 19.7 Å². The van der Waals surface area contributed by atoms with Gasteiger partial charge in [0, 0.05) is 24.5 Å². The smallest absolute Gasteiger partial charge is 0.269 e. The zero-order valence-corrected chi connectivity index (χ0v) is 15.2. The van der Waals surface area contributed by atoms with Crippen LogP contribution in [0.3, 0.4) is 0 Å². The minimum absolute atomic E-state index is 0.00376. The minimum atomic E-state index is -0.682. The van der Waals surface area contributed by atoms with Gasteiger partial charge in [-0.2, -0.15) is 0 Å². The zero-order chi connectivity index (χ0) is 19.3. The van der Waals surface area contributed by atoms with E-state index in [-0.39, 0.29) is 29.6 Å². The molecule has 0 aliphatic heterocycles. The Morgan fingerprint density at radius 3 is 2.19 bits per heavy atom. The van der Waals surface area contributed by atoms with E-state index in [1.807, 2.05) is 37.3 Å². The second kappa shape index (κ2) is 8.52. The number of hydrogen-bond donors (Lipinski definition) is 0. The van der Waals surface area contributed by atoms with Gasteiger partial charge >= 0.3 is 0 Å². The number of Topliss-reactive ketones (excluding diaryl/α,β-unsaturated/α-hetero) is 2. The molecular weight excluding hydrogens is 330 g/mol. The number of hydrogen-bond acceptors (Lipinski definition) is 4. The molecule has 0 saturated carbocycles. The maximum atomic E-state index is 13.0. The Morgan fingerprint density at radius 2 is 1.62 bits per heavy atom. The van der Waals surface area contributed by atoms with Gasteiger partial charge in [-0.15, -0.1) is 0 Å². The van der Waals surface area contributed by atoms with E-state index in [0.29, 0.717) is 5.56 Å². The van der Waals surface area contributed by atoms with Gasteiger partial charge in [-0.05, 0) is 24.0 Å². The van der Waals surface area contributed by atoms with Crippen molar-refractivity contribution in [3.63, 3.8) is 0 Å². The predicted octanol–water partition coefficient (Wildman–Crippen LogP) is 4.67. The molecule has 0 radical (unpaired) electrons. The van der Waals surface area contributed by atoms with Gasteiger partial charge in [0.15, 0.2) is 0 Å². The van der Waals surface area contributed by atoms with Crippen LogP contribution in [0.4, 0.5) is 5.69 Å². The van der Waals surface area contributed by atoms with Crippen LogP contribution in [0.15, 0.2) is 54.6 Å². The van der Waals surface area contributed by atoms with Gasteiger partial charge in [0.05, 0.1) is 10.8 Å². The van der Waals surface area contributed by atoms with Crippen molar-refractivity contribution in [2.45, 2.75) is 39.0 Å². The molecule has 0 aromatic heterocycles. The highest BCUT2D eigenvalue weighted by molar-refractivity contribution is 5.92. The van der Waals surface area contributed by atoms with Gasteiger partial charge in [-0.25, -0.2) is 0 Å². The summed E-state index contributed by atoms with van der Waals surface area (Å²) in [5.74, 6) is -1.40. The fraction of sp³-hybridized carbons (Fsp3) is 0.333. The van der Waals surface area contributed by atoms with Gasteiger partial charge in [-0.3, -0.25) is 19.7 Å². The summed E-state index contributed by atoms with van der Waals surface area (Å²) in [4.78, 5) is 35.6. The Bertz CT molecular complexity index is 801. The third-order valence-corrected chi connectivity index (χ3v) is 4.80. The van der Waals surface area contributed by atoms with E-state index < -0.39 is 16.8 Å². The van der Waals surface area contributed by atoms with Crippen LogP contribution in [0, 0.1) is 16.0 Å². The summed E-state index contributed by atoms with van der Waals surface area (Å²) < 4.78 is 0. The molecule has 0 saturated heterocycles. The molecule has 5 nitrogen and oxygen atoms in total. The molecule has 0 heterocycles. The van der Waals surface area contributed by atoms with Gasteiger partial charge in [0.2, 0.25) is 0 Å². The fourth-order valence-electron chi connectivity index (χ4n) is 3.15. The maximum absolute atomic E-state index is 13.0. The van der Waals surface area contributed by atoms with Gasteiger partial charge in [0.25, 0.3) is 5.69 Å². The molecule has 0 spiro atoms. The van der Waals surface area contributed by atoms with Crippen LogP contribution in [0.1, 0.15) is 50.2 Å². The number of rotatable bonds is 8. The summed E-state index contributed by atoms with van der Waals surface area (Å²) in [5.41, 5.74) is 1.49. The van der Waals surface area contributed by atoms with Crippen molar-refractivity contribution in [3.05, 3.63) is 75.8 Å². The Balaban J connectivity index is 2.32. The Kier molecular flexibility index (Phi) is 6.39. The second-order valence-electron chi connectivity index (χ2n) is 6.71. The Hall–Kier alpha value is -2.82. The van der Waals surface area contributed by atoms with Crippen molar-refractivity contribution in [1.82, 2.24) is 0 Å². The van der Waals surface area contributed by atoms with Crippen molar-refractivity contribution in [3.8, 4) is 0 Å². The van der Waals surface area contributed by atoms with Crippen LogP contribution in [0.25, 0.3) is 0 Å². The highest BCUT2D eigenvalue weighted by Gasteiger charge is 2.31. The summed E-state index contributed by atoms with van der Waals surface area (Å²) in [6.45, 7) is 5.12. The number of benzene rings is 2. The lowest BCUT2D eigenvalue weighted by Gasteiger charge is -2.23. The topological polar surface area (TPSA) is 77.3 Å². The highest BCUT2D eigenvalue weighted by atomic mass is 16.6. The summed E-state index contributed by atoms with van der Waals surface area (Å²) >= 11 is 0. The summed E-state index contributed by atoms with van der Waals surface area (Å²) in [5, 5.41) is 11.1. The first kappa shape index (κ1) is 19.5. The van der Waals surface area contributed by atoms with Crippen LogP contribution in [-0.2, 0) is 9.59 Å². The minimum Gasteiger partial charge on any atom is -0.300 e. The molecule has 3 unspecified atom stereocenters. The zero-order valence-electron chi connectivity index (χ0n) is 15.2. The van der Waals surface area contributed by atoms with E-state index in [1.165, 1.54) is 19.1 Å². The average molecular weight is 353 g/mol. The fourth-order valence-corrected chi connectivity index (χ4v) is 3.15. The molecule has 26 heavy (non-hydrogen) atoms. The number of nitrogens with zero attached hydrogens (tertiary/aromatic N) is 1. The lowest BCUT2D eigenvalue weighted by atomic mass is 9.78.